The van der Waals surface area contributed by atoms with Crippen LogP contribution >= 0.6 is 0 Å². The molecule has 2 N–H and O–H groups in total. The number of hydrogen-bond acceptors (Lipinski definition) is 2. The van der Waals surface area contributed by atoms with Gasteiger partial charge in [0.1, 0.15) is 11.5 Å². The number of ether oxygens (including phenoxy) is 1. The van der Waals surface area contributed by atoms with Crippen molar-refractivity contribution < 1.29 is 4.74 Å². The lowest BCUT2D eigenvalue weighted by atomic mass is 10.0. The Morgan fingerprint density at radius 3 is 2.16 bits per heavy atom. The first-order valence-corrected chi connectivity index (χ1v) is 6.82. The molecule has 1 saturated carbocycles. The maximum absolute atomic E-state index is 6.25. The van der Waals surface area contributed by atoms with Crippen molar-refractivity contribution in [3.8, 4) is 11.5 Å². The Labute approximate surface area is 114 Å². The number of rotatable bonds is 4. The average Bonchev–Trinajstić information content (AvgIpc) is 3.17. The van der Waals surface area contributed by atoms with E-state index >= 15 is 0 Å². The largest absolute Gasteiger partial charge is 0.457 e. The van der Waals surface area contributed by atoms with Crippen LogP contribution in [0.25, 0.3) is 0 Å². The van der Waals surface area contributed by atoms with Gasteiger partial charge in [-0.1, -0.05) is 37.3 Å². The highest BCUT2D eigenvalue weighted by Crippen LogP contribution is 2.45. The highest BCUT2D eigenvalue weighted by Gasteiger charge is 2.38. The predicted molar refractivity (Wildman–Crippen MR) is 77.2 cm³/mol. The summed E-state index contributed by atoms with van der Waals surface area (Å²) in [4.78, 5) is 0. The Hall–Kier alpha value is -1.80. The normalized spacial score (nSPS) is 22.8. The summed E-state index contributed by atoms with van der Waals surface area (Å²) < 4.78 is 5.77. The van der Waals surface area contributed by atoms with Crippen molar-refractivity contribution in [2.45, 2.75) is 19.4 Å². The standard InChI is InChI=1S/C17H19NO/c1-12-11-16(12)17(18)13-7-9-15(10-8-13)19-14-5-3-2-4-6-14/h2-10,12,16-17H,11,18H2,1H3. The lowest BCUT2D eigenvalue weighted by Gasteiger charge is -2.12. The fourth-order valence-electron chi connectivity index (χ4n) is 2.48. The second-order valence-electron chi connectivity index (χ2n) is 5.39. The van der Waals surface area contributed by atoms with Gasteiger partial charge in [-0.15, -0.1) is 0 Å². The Balaban J connectivity index is 1.69. The lowest BCUT2D eigenvalue weighted by Crippen LogP contribution is -2.13. The molecular weight excluding hydrogens is 234 g/mol. The molecule has 0 radical (unpaired) electrons. The minimum atomic E-state index is 0.167. The van der Waals surface area contributed by atoms with E-state index in [1.54, 1.807) is 0 Å². The summed E-state index contributed by atoms with van der Waals surface area (Å²) in [6.07, 6.45) is 1.25. The van der Waals surface area contributed by atoms with E-state index in [1.807, 2.05) is 42.5 Å². The topological polar surface area (TPSA) is 35.2 Å². The molecule has 0 aliphatic heterocycles. The predicted octanol–water partition coefficient (Wildman–Crippen LogP) is 4.13. The van der Waals surface area contributed by atoms with Crippen LogP contribution in [0.3, 0.4) is 0 Å². The summed E-state index contributed by atoms with van der Waals surface area (Å²) in [7, 11) is 0. The fourth-order valence-corrected chi connectivity index (χ4v) is 2.48. The van der Waals surface area contributed by atoms with E-state index in [0.717, 1.165) is 17.4 Å². The highest BCUT2D eigenvalue weighted by atomic mass is 16.5. The molecule has 1 fully saturated rings. The third-order valence-electron chi connectivity index (χ3n) is 3.88. The third-order valence-corrected chi connectivity index (χ3v) is 3.88. The fraction of sp³-hybridized carbons (Fsp3) is 0.294. The summed E-state index contributed by atoms with van der Waals surface area (Å²) in [5.41, 5.74) is 7.46. The minimum absolute atomic E-state index is 0.167. The van der Waals surface area contributed by atoms with Gasteiger partial charge in [-0.05, 0) is 48.1 Å². The first-order valence-electron chi connectivity index (χ1n) is 6.82. The summed E-state index contributed by atoms with van der Waals surface area (Å²) in [6, 6.07) is 18.1. The molecule has 1 aliphatic carbocycles. The third kappa shape index (κ3) is 2.79. The molecule has 0 saturated heterocycles. The monoisotopic (exact) mass is 253 g/mol. The van der Waals surface area contributed by atoms with Crippen LogP contribution < -0.4 is 10.5 Å². The first kappa shape index (κ1) is 12.2. The van der Waals surface area contributed by atoms with Crippen molar-refractivity contribution in [3.05, 3.63) is 60.2 Å². The molecule has 2 nitrogen and oxygen atoms in total. The van der Waals surface area contributed by atoms with E-state index in [1.165, 1.54) is 12.0 Å². The summed E-state index contributed by atoms with van der Waals surface area (Å²) in [5, 5.41) is 0. The molecular formula is C17H19NO. The Kier molecular flexibility index (Phi) is 3.26. The lowest BCUT2D eigenvalue weighted by molar-refractivity contribution is 0.482. The van der Waals surface area contributed by atoms with Crippen molar-refractivity contribution in [1.82, 2.24) is 0 Å². The molecule has 3 unspecified atom stereocenters. The maximum atomic E-state index is 6.25. The van der Waals surface area contributed by atoms with Gasteiger partial charge in [-0.25, -0.2) is 0 Å². The molecule has 2 aromatic carbocycles. The van der Waals surface area contributed by atoms with Crippen LogP contribution in [0.5, 0.6) is 11.5 Å². The zero-order chi connectivity index (χ0) is 13.2. The van der Waals surface area contributed by atoms with Crippen molar-refractivity contribution >= 4 is 0 Å². The summed E-state index contributed by atoms with van der Waals surface area (Å²) in [5.74, 6) is 3.14. The van der Waals surface area contributed by atoms with Gasteiger partial charge in [-0.3, -0.25) is 0 Å². The Bertz CT molecular complexity index is 535. The van der Waals surface area contributed by atoms with E-state index < -0.39 is 0 Å². The quantitative estimate of drug-likeness (QED) is 0.889. The summed E-state index contributed by atoms with van der Waals surface area (Å²) in [6.45, 7) is 2.26. The molecule has 0 spiro atoms. The molecule has 19 heavy (non-hydrogen) atoms. The van der Waals surface area contributed by atoms with Gasteiger partial charge in [0.05, 0.1) is 0 Å². The smallest absolute Gasteiger partial charge is 0.127 e. The number of nitrogens with two attached hydrogens (primary N) is 1. The van der Waals surface area contributed by atoms with E-state index in [4.69, 9.17) is 10.5 Å². The van der Waals surface area contributed by atoms with Gasteiger partial charge in [0.2, 0.25) is 0 Å². The van der Waals surface area contributed by atoms with Gasteiger partial charge in [0, 0.05) is 6.04 Å². The molecule has 3 atom stereocenters. The van der Waals surface area contributed by atoms with Crippen LogP contribution in [0.15, 0.2) is 54.6 Å². The molecule has 1 aliphatic rings. The zero-order valence-corrected chi connectivity index (χ0v) is 11.1. The van der Waals surface area contributed by atoms with Gasteiger partial charge < -0.3 is 10.5 Å². The van der Waals surface area contributed by atoms with Crippen LogP contribution in [0.2, 0.25) is 0 Å². The molecule has 3 rings (SSSR count). The average molecular weight is 253 g/mol. The van der Waals surface area contributed by atoms with E-state index in [0.29, 0.717) is 5.92 Å². The minimum Gasteiger partial charge on any atom is -0.457 e. The number of para-hydroxylation sites is 1. The van der Waals surface area contributed by atoms with Crippen LogP contribution in [-0.4, -0.2) is 0 Å². The van der Waals surface area contributed by atoms with Crippen LogP contribution in [-0.2, 0) is 0 Å². The molecule has 2 aromatic rings. The first-order chi connectivity index (χ1) is 9.24. The van der Waals surface area contributed by atoms with Gasteiger partial charge in [0.15, 0.2) is 0 Å². The number of benzene rings is 2. The molecule has 0 aromatic heterocycles. The second kappa shape index (κ2) is 5.06. The summed E-state index contributed by atoms with van der Waals surface area (Å²) >= 11 is 0. The van der Waals surface area contributed by atoms with E-state index in [2.05, 4.69) is 19.1 Å². The van der Waals surface area contributed by atoms with Crippen molar-refractivity contribution in [2.24, 2.45) is 17.6 Å². The highest BCUT2D eigenvalue weighted by molar-refractivity contribution is 5.34. The van der Waals surface area contributed by atoms with Crippen LogP contribution in [0, 0.1) is 11.8 Å². The molecule has 0 heterocycles. The maximum Gasteiger partial charge on any atom is 0.127 e. The SMILES string of the molecule is CC1CC1C(N)c1ccc(Oc2ccccc2)cc1. The molecule has 0 amide bonds. The zero-order valence-electron chi connectivity index (χ0n) is 11.1. The van der Waals surface area contributed by atoms with Gasteiger partial charge in [0.25, 0.3) is 0 Å². The molecule has 2 heteroatoms. The Morgan fingerprint density at radius 1 is 1.00 bits per heavy atom. The van der Waals surface area contributed by atoms with Crippen molar-refractivity contribution in [3.63, 3.8) is 0 Å². The number of hydrogen-bond donors (Lipinski definition) is 1. The van der Waals surface area contributed by atoms with Crippen LogP contribution in [0.1, 0.15) is 24.9 Å². The van der Waals surface area contributed by atoms with Crippen molar-refractivity contribution in [1.29, 1.82) is 0 Å². The molecule has 0 bridgehead atoms. The van der Waals surface area contributed by atoms with Gasteiger partial charge in [-0.2, -0.15) is 0 Å². The van der Waals surface area contributed by atoms with E-state index in [-0.39, 0.29) is 6.04 Å². The Morgan fingerprint density at radius 2 is 1.58 bits per heavy atom. The second-order valence-corrected chi connectivity index (χ2v) is 5.39. The molecule has 98 valence electrons. The van der Waals surface area contributed by atoms with E-state index in [9.17, 15) is 0 Å². The van der Waals surface area contributed by atoms with Crippen molar-refractivity contribution in [2.75, 3.05) is 0 Å². The van der Waals surface area contributed by atoms with Crippen LogP contribution in [0.4, 0.5) is 0 Å². The van der Waals surface area contributed by atoms with Gasteiger partial charge >= 0.3 is 0 Å².